The minimum atomic E-state index is -3.36. The number of alkyl halides is 1. The molecule has 0 amide bonds. The quantitative estimate of drug-likeness (QED) is 0.765. The number of rotatable bonds is 4. The highest BCUT2D eigenvalue weighted by Crippen LogP contribution is 2.26. The maximum atomic E-state index is 12.5. The summed E-state index contributed by atoms with van der Waals surface area (Å²) in [6.07, 6.45) is 2.87. The fourth-order valence-corrected chi connectivity index (χ4v) is 4.52. The zero-order valence-electron chi connectivity index (χ0n) is 10.6. The first-order valence-corrected chi connectivity index (χ1v) is 9.12. The van der Waals surface area contributed by atoms with Crippen molar-refractivity contribution in [1.82, 2.24) is 4.31 Å². The van der Waals surface area contributed by atoms with Gasteiger partial charge in [-0.15, -0.1) is 11.6 Å². The summed E-state index contributed by atoms with van der Waals surface area (Å²) < 4.78 is 27.5. The van der Waals surface area contributed by atoms with E-state index in [0.29, 0.717) is 29.8 Å². The van der Waals surface area contributed by atoms with Gasteiger partial charge in [-0.1, -0.05) is 15.9 Å². The molecule has 1 atom stereocenters. The molecule has 1 aromatic rings. The average molecular weight is 367 g/mol. The topological polar surface area (TPSA) is 37.4 Å². The zero-order valence-corrected chi connectivity index (χ0v) is 13.7. The first kappa shape index (κ1) is 15.3. The lowest BCUT2D eigenvalue weighted by molar-refractivity contribution is 0.262. The van der Waals surface area contributed by atoms with Crippen LogP contribution in [0.3, 0.4) is 0 Å². The molecule has 0 aromatic heterocycles. The van der Waals surface area contributed by atoms with Crippen molar-refractivity contribution in [2.75, 3.05) is 19.0 Å². The predicted octanol–water partition coefficient (Wildman–Crippen LogP) is 3.48. The highest BCUT2D eigenvalue weighted by Gasteiger charge is 2.29. The summed E-state index contributed by atoms with van der Waals surface area (Å²) in [5, 5.41) is 0. The number of hydrogen-bond donors (Lipinski definition) is 0. The van der Waals surface area contributed by atoms with Gasteiger partial charge in [0.1, 0.15) is 0 Å². The smallest absolute Gasteiger partial charge is 0.207 e. The third-order valence-electron chi connectivity index (χ3n) is 3.45. The molecule has 0 saturated carbocycles. The summed E-state index contributed by atoms with van der Waals surface area (Å²) in [4.78, 5) is 0.363. The molecule has 0 spiro atoms. The van der Waals surface area contributed by atoms with Gasteiger partial charge < -0.3 is 0 Å². The lowest BCUT2D eigenvalue weighted by Gasteiger charge is -2.31. The number of halogens is 2. The maximum absolute atomic E-state index is 12.5. The molecule has 1 heterocycles. The SMILES string of the molecule is O=S(=O)(c1ccc(Br)cc1)N1CCCC(CCCl)C1. The second-order valence-corrected chi connectivity index (χ2v) is 8.03. The van der Waals surface area contributed by atoms with Crippen molar-refractivity contribution >= 4 is 37.6 Å². The van der Waals surface area contributed by atoms with Crippen LogP contribution in [0.2, 0.25) is 0 Å². The molecule has 0 N–H and O–H groups in total. The van der Waals surface area contributed by atoms with Crippen LogP contribution >= 0.6 is 27.5 Å². The van der Waals surface area contributed by atoms with Gasteiger partial charge >= 0.3 is 0 Å². The van der Waals surface area contributed by atoms with Crippen molar-refractivity contribution in [1.29, 1.82) is 0 Å². The number of hydrogen-bond acceptors (Lipinski definition) is 2. The van der Waals surface area contributed by atoms with E-state index in [0.717, 1.165) is 23.7 Å². The molecule has 1 unspecified atom stereocenters. The Morgan fingerprint density at radius 3 is 2.63 bits per heavy atom. The normalized spacial score (nSPS) is 21.5. The summed E-state index contributed by atoms with van der Waals surface area (Å²) in [6, 6.07) is 6.80. The third-order valence-corrected chi connectivity index (χ3v) is 6.08. The van der Waals surface area contributed by atoms with Crippen LogP contribution in [0.15, 0.2) is 33.6 Å². The second kappa shape index (κ2) is 6.57. The summed E-state index contributed by atoms with van der Waals surface area (Å²) >= 11 is 9.07. The van der Waals surface area contributed by atoms with Gasteiger partial charge in [0.2, 0.25) is 10.0 Å². The number of sulfonamides is 1. The van der Waals surface area contributed by atoms with E-state index in [2.05, 4.69) is 15.9 Å². The molecule has 106 valence electrons. The Labute approximate surface area is 128 Å². The molecule has 0 bridgehead atoms. The molecule has 1 fully saturated rings. The van der Waals surface area contributed by atoms with E-state index in [1.54, 1.807) is 28.6 Å². The fourth-order valence-electron chi connectivity index (χ4n) is 2.39. The van der Waals surface area contributed by atoms with Crippen molar-refractivity contribution in [3.63, 3.8) is 0 Å². The Morgan fingerprint density at radius 2 is 2.00 bits per heavy atom. The average Bonchev–Trinajstić information content (AvgIpc) is 2.40. The van der Waals surface area contributed by atoms with Crippen molar-refractivity contribution in [2.45, 2.75) is 24.2 Å². The van der Waals surface area contributed by atoms with Crippen LogP contribution in [-0.4, -0.2) is 31.7 Å². The first-order valence-electron chi connectivity index (χ1n) is 6.35. The van der Waals surface area contributed by atoms with Crippen LogP contribution < -0.4 is 0 Å². The lowest BCUT2D eigenvalue weighted by atomic mass is 9.97. The molecule has 1 aromatic carbocycles. The largest absolute Gasteiger partial charge is 0.243 e. The Kier molecular flexibility index (Phi) is 5.29. The van der Waals surface area contributed by atoms with Gasteiger partial charge in [0.05, 0.1) is 4.90 Å². The van der Waals surface area contributed by atoms with Crippen molar-refractivity contribution in [2.24, 2.45) is 5.92 Å². The molecule has 0 aliphatic carbocycles. The Morgan fingerprint density at radius 1 is 1.32 bits per heavy atom. The lowest BCUT2D eigenvalue weighted by Crippen LogP contribution is -2.39. The van der Waals surface area contributed by atoms with Gasteiger partial charge in [0.15, 0.2) is 0 Å². The van der Waals surface area contributed by atoms with Crippen molar-refractivity contribution in [3.8, 4) is 0 Å². The molecule has 1 aliphatic heterocycles. The van der Waals surface area contributed by atoms with E-state index < -0.39 is 10.0 Å². The van der Waals surface area contributed by atoms with E-state index >= 15 is 0 Å². The summed E-state index contributed by atoms with van der Waals surface area (Å²) in [5.41, 5.74) is 0. The molecule has 0 radical (unpaired) electrons. The van der Waals surface area contributed by atoms with Crippen LogP contribution in [0.1, 0.15) is 19.3 Å². The molecule has 6 heteroatoms. The van der Waals surface area contributed by atoms with Gasteiger partial charge in [0, 0.05) is 23.4 Å². The number of nitrogens with zero attached hydrogens (tertiary/aromatic N) is 1. The summed E-state index contributed by atoms with van der Waals surface area (Å²) in [5.74, 6) is 0.980. The minimum Gasteiger partial charge on any atom is -0.207 e. The maximum Gasteiger partial charge on any atom is 0.243 e. The molecular formula is C13H17BrClNO2S. The van der Waals surface area contributed by atoms with Crippen LogP contribution in [0.4, 0.5) is 0 Å². The van der Waals surface area contributed by atoms with Crippen LogP contribution in [0.25, 0.3) is 0 Å². The van der Waals surface area contributed by atoms with Crippen LogP contribution in [-0.2, 0) is 10.0 Å². The second-order valence-electron chi connectivity index (χ2n) is 4.80. The molecule has 2 rings (SSSR count). The highest BCUT2D eigenvalue weighted by molar-refractivity contribution is 9.10. The van der Waals surface area contributed by atoms with Gasteiger partial charge in [-0.2, -0.15) is 4.31 Å². The summed E-state index contributed by atoms with van der Waals surface area (Å²) in [6.45, 7) is 1.20. The Bertz CT molecular complexity index is 516. The van der Waals surface area contributed by atoms with E-state index in [-0.39, 0.29) is 0 Å². The number of piperidine rings is 1. The predicted molar refractivity (Wildman–Crippen MR) is 81.0 cm³/mol. The van der Waals surface area contributed by atoms with Crippen molar-refractivity contribution < 1.29 is 8.42 Å². The van der Waals surface area contributed by atoms with Gasteiger partial charge in [0.25, 0.3) is 0 Å². The van der Waals surface area contributed by atoms with E-state index in [1.807, 2.05) is 0 Å². The monoisotopic (exact) mass is 365 g/mol. The summed E-state index contributed by atoms with van der Waals surface area (Å²) in [7, 11) is -3.36. The minimum absolute atomic E-state index is 0.363. The van der Waals surface area contributed by atoms with Gasteiger partial charge in [-0.05, 0) is 49.4 Å². The first-order chi connectivity index (χ1) is 9.04. The third kappa shape index (κ3) is 3.72. The van der Waals surface area contributed by atoms with Gasteiger partial charge in [-0.25, -0.2) is 8.42 Å². The Balaban J connectivity index is 2.17. The van der Waals surface area contributed by atoms with E-state index in [4.69, 9.17) is 11.6 Å². The zero-order chi connectivity index (χ0) is 13.9. The molecule has 3 nitrogen and oxygen atoms in total. The molecule has 1 aliphatic rings. The number of benzene rings is 1. The van der Waals surface area contributed by atoms with Crippen LogP contribution in [0.5, 0.6) is 0 Å². The molecule has 1 saturated heterocycles. The fraction of sp³-hybridized carbons (Fsp3) is 0.538. The van der Waals surface area contributed by atoms with E-state index in [1.165, 1.54) is 0 Å². The standard InChI is InChI=1S/C13H17BrClNO2S/c14-12-3-5-13(6-4-12)19(17,18)16-9-1-2-11(10-16)7-8-15/h3-6,11H,1-2,7-10H2. The highest BCUT2D eigenvalue weighted by atomic mass is 79.9. The molecular weight excluding hydrogens is 350 g/mol. The van der Waals surface area contributed by atoms with Gasteiger partial charge in [-0.3, -0.25) is 0 Å². The molecule has 19 heavy (non-hydrogen) atoms. The van der Waals surface area contributed by atoms with Crippen LogP contribution in [0, 0.1) is 5.92 Å². The Hall–Kier alpha value is -0.100. The van der Waals surface area contributed by atoms with Crippen molar-refractivity contribution in [3.05, 3.63) is 28.7 Å². The van der Waals surface area contributed by atoms with E-state index in [9.17, 15) is 8.42 Å².